The van der Waals surface area contributed by atoms with E-state index < -0.39 is 17.9 Å². The zero-order valence-corrected chi connectivity index (χ0v) is 9.84. The highest BCUT2D eigenvalue weighted by atomic mass is 16.4. The maximum atomic E-state index is 11.3. The van der Waals surface area contributed by atoms with E-state index in [4.69, 9.17) is 5.11 Å². The monoisotopic (exact) mass is 254 g/mol. The Hall–Kier alpha value is -2.38. The number of amides is 3. The van der Waals surface area contributed by atoms with Crippen molar-refractivity contribution in [2.24, 2.45) is 7.05 Å². The van der Waals surface area contributed by atoms with E-state index in [0.717, 1.165) is 0 Å². The van der Waals surface area contributed by atoms with E-state index in [2.05, 4.69) is 10.3 Å². The molecule has 0 aliphatic heterocycles. The molecule has 1 aromatic rings. The smallest absolute Gasteiger partial charge is 0.321 e. The fourth-order valence-corrected chi connectivity index (χ4v) is 1.18. The minimum atomic E-state index is -1.08. The van der Waals surface area contributed by atoms with Crippen molar-refractivity contribution in [3.8, 4) is 0 Å². The molecule has 0 aliphatic carbocycles. The summed E-state index contributed by atoms with van der Waals surface area (Å²) in [6, 6.07) is -0.673. The van der Waals surface area contributed by atoms with Crippen LogP contribution < -0.4 is 10.6 Å². The second kappa shape index (κ2) is 6.38. The van der Waals surface area contributed by atoms with E-state index >= 15 is 0 Å². The van der Waals surface area contributed by atoms with Gasteiger partial charge in [-0.1, -0.05) is 0 Å². The van der Waals surface area contributed by atoms with Crippen LogP contribution in [0.25, 0.3) is 0 Å². The number of hydrogen-bond acceptors (Lipinski definition) is 4. The topological polar surface area (TPSA) is 113 Å². The number of nitrogens with one attached hydrogen (secondary N) is 2. The Balaban J connectivity index is 2.27. The van der Waals surface area contributed by atoms with Crippen LogP contribution in [-0.4, -0.2) is 32.6 Å². The second-order valence-electron chi connectivity index (χ2n) is 3.58. The van der Waals surface area contributed by atoms with Crippen LogP contribution >= 0.6 is 0 Å². The molecule has 0 aromatic carbocycles. The van der Waals surface area contributed by atoms with Crippen LogP contribution in [0.1, 0.15) is 18.7 Å². The molecule has 0 atom stereocenters. The van der Waals surface area contributed by atoms with Crippen molar-refractivity contribution in [1.82, 2.24) is 20.2 Å². The van der Waals surface area contributed by atoms with Gasteiger partial charge in [-0.3, -0.25) is 14.9 Å². The predicted molar refractivity (Wildman–Crippen MR) is 60.5 cm³/mol. The van der Waals surface area contributed by atoms with Gasteiger partial charge in [0.25, 0.3) is 0 Å². The van der Waals surface area contributed by atoms with Crippen LogP contribution in [0.3, 0.4) is 0 Å². The van der Waals surface area contributed by atoms with Gasteiger partial charge in [0.2, 0.25) is 5.91 Å². The van der Waals surface area contributed by atoms with Crippen LogP contribution in [0.5, 0.6) is 0 Å². The first-order valence-electron chi connectivity index (χ1n) is 5.24. The lowest BCUT2D eigenvalue weighted by Crippen LogP contribution is -2.39. The molecule has 0 spiro atoms. The number of nitrogens with zero attached hydrogens (tertiary/aromatic N) is 2. The highest BCUT2D eigenvalue weighted by Gasteiger charge is 2.09. The fourth-order valence-electron chi connectivity index (χ4n) is 1.18. The minimum Gasteiger partial charge on any atom is -0.481 e. The molecule has 0 unspecified atom stereocenters. The Morgan fingerprint density at radius 2 is 2.11 bits per heavy atom. The highest BCUT2D eigenvalue weighted by Crippen LogP contribution is 1.93. The molecule has 0 bridgehead atoms. The number of aromatic nitrogens is 2. The molecule has 1 aromatic heterocycles. The van der Waals surface area contributed by atoms with Gasteiger partial charge in [0.05, 0.1) is 13.0 Å². The van der Waals surface area contributed by atoms with Gasteiger partial charge in [-0.05, 0) is 0 Å². The largest absolute Gasteiger partial charge is 0.481 e. The summed E-state index contributed by atoms with van der Waals surface area (Å²) >= 11 is 0. The molecule has 18 heavy (non-hydrogen) atoms. The van der Waals surface area contributed by atoms with E-state index in [1.165, 1.54) is 0 Å². The molecule has 0 aliphatic rings. The van der Waals surface area contributed by atoms with Gasteiger partial charge in [-0.15, -0.1) is 0 Å². The number of rotatable bonds is 5. The van der Waals surface area contributed by atoms with E-state index in [9.17, 15) is 14.4 Å². The number of carbonyl (C=O) groups is 3. The molecule has 0 radical (unpaired) electrons. The van der Waals surface area contributed by atoms with E-state index in [0.29, 0.717) is 5.82 Å². The van der Waals surface area contributed by atoms with Crippen LogP contribution in [-0.2, 0) is 23.2 Å². The number of carboxylic acid groups (broad SMARTS) is 1. The first kappa shape index (κ1) is 13.7. The fraction of sp³-hybridized carbons (Fsp3) is 0.400. The summed E-state index contributed by atoms with van der Waals surface area (Å²) in [5.74, 6) is -1.07. The van der Waals surface area contributed by atoms with Crippen LogP contribution in [0, 0.1) is 0 Å². The van der Waals surface area contributed by atoms with E-state index in [1.807, 2.05) is 5.32 Å². The SMILES string of the molecule is Cn1ccnc1CNC(=O)NC(=O)CCC(=O)O. The van der Waals surface area contributed by atoms with E-state index in [1.54, 1.807) is 24.0 Å². The molecule has 1 rings (SSSR count). The Kier molecular flexibility index (Phi) is 4.85. The van der Waals surface area contributed by atoms with E-state index in [-0.39, 0.29) is 19.4 Å². The average Bonchev–Trinajstić information content (AvgIpc) is 2.69. The summed E-state index contributed by atoms with van der Waals surface area (Å²) < 4.78 is 1.73. The Morgan fingerprint density at radius 3 is 2.67 bits per heavy atom. The Bertz CT molecular complexity index is 454. The second-order valence-corrected chi connectivity index (χ2v) is 3.58. The molecule has 8 nitrogen and oxygen atoms in total. The predicted octanol–water partition coefficient (Wildman–Crippen LogP) is -0.389. The lowest BCUT2D eigenvalue weighted by molar-refractivity contribution is -0.138. The maximum Gasteiger partial charge on any atom is 0.321 e. The number of imide groups is 1. The third-order valence-corrected chi connectivity index (χ3v) is 2.15. The molecule has 3 N–H and O–H groups in total. The number of carbonyl (C=O) groups excluding carboxylic acids is 2. The van der Waals surface area contributed by atoms with Crippen molar-refractivity contribution >= 4 is 17.9 Å². The summed E-state index contributed by atoms with van der Waals surface area (Å²) in [6.45, 7) is 0.182. The van der Waals surface area contributed by atoms with Crippen molar-refractivity contribution in [2.45, 2.75) is 19.4 Å². The number of aliphatic carboxylic acids is 1. The summed E-state index contributed by atoms with van der Waals surface area (Å²) in [5, 5.41) is 12.8. The van der Waals surface area contributed by atoms with Gasteiger partial charge in [0.1, 0.15) is 5.82 Å². The third kappa shape index (κ3) is 4.64. The Morgan fingerprint density at radius 1 is 1.39 bits per heavy atom. The first-order valence-corrected chi connectivity index (χ1v) is 5.24. The molecule has 98 valence electrons. The number of carboxylic acids is 1. The van der Waals surface area contributed by atoms with Crippen molar-refractivity contribution in [3.63, 3.8) is 0 Å². The average molecular weight is 254 g/mol. The molecule has 8 heteroatoms. The molecule has 0 saturated carbocycles. The maximum absolute atomic E-state index is 11.3. The van der Waals surface area contributed by atoms with Gasteiger partial charge >= 0.3 is 12.0 Å². The minimum absolute atomic E-state index is 0.182. The lowest BCUT2D eigenvalue weighted by atomic mass is 10.3. The molecule has 0 saturated heterocycles. The normalized spacial score (nSPS) is 9.83. The van der Waals surface area contributed by atoms with Gasteiger partial charge < -0.3 is 15.0 Å². The Labute approximate surface area is 103 Å². The quantitative estimate of drug-likeness (QED) is 0.662. The number of hydrogen-bond donors (Lipinski definition) is 3. The molecule has 3 amide bonds. The molecular formula is C10H14N4O4. The van der Waals surface area contributed by atoms with Crippen molar-refractivity contribution < 1.29 is 19.5 Å². The summed E-state index contributed by atoms with van der Waals surface area (Å²) in [4.78, 5) is 36.6. The van der Waals surface area contributed by atoms with Crippen LogP contribution in [0.15, 0.2) is 12.4 Å². The number of aryl methyl sites for hydroxylation is 1. The number of imidazole rings is 1. The lowest BCUT2D eigenvalue weighted by Gasteiger charge is -2.06. The van der Waals surface area contributed by atoms with Crippen LogP contribution in [0.4, 0.5) is 4.79 Å². The highest BCUT2D eigenvalue weighted by molar-refractivity contribution is 5.95. The van der Waals surface area contributed by atoms with Crippen molar-refractivity contribution in [3.05, 3.63) is 18.2 Å². The van der Waals surface area contributed by atoms with Gasteiger partial charge in [-0.2, -0.15) is 0 Å². The number of urea groups is 1. The van der Waals surface area contributed by atoms with Gasteiger partial charge in [-0.25, -0.2) is 9.78 Å². The van der Waals surface area contributed by atoms with Gasteiger partial charge in [0.15, 0.2) is 0 Å². The standard InChI is InChI=1S/C10H14N4O4/c1-14-5-4-11-7(14)6-12-10(18)13-8(15)2-3-9(16)17/h4-5H,2-3,6H2,1H3,(H,16,17)(H2,12,13,15,18). The summed E-state index contributed by atoms with van der Waals surface area (Å²) in [7, 11) is 1.78. The first-order chi connectivity index (χ1) is 8.49. The summed E-state index contributed by atoms with van der Waals surface area (Å²) in [5.41, 5.74) is 0. The zero-order valence-electron chi connectivity index (χ0n) is 9.84. The van der Waals surface area contributed by atoms with Crippen LogP contribution in [0.2, 0.25) is 0 Å². The third-order valence-electron chi connectivity index (χ3n) is 2.15. The van der Waals surface area contributed by atoms with Gasteiger partial charge in [0, 0.05) is 25.9 Å². The molecule has 1 heterocycles. The summed E-state index contributed by atoms with van der Waals surface area (Å²) in [6.07, 6.45) is 2.78. The van der Waals surface area contributed by atoms with Crippen molar-refractivity contribution in [2.75, 3.05) is 0 Å². The van der Waals surface area contributed by atoms with Crippen molar-refractivity contribution in [1.29, 1.82) is 0 Å². The molecule has 0 fully saturated rings. The molecular weight excluding hydrogens is 240 g/mol. The zero-order chi connectivity index (χ0) is 13.5.